The molecule has 0 spiro atoms. The summed E-state index contributed by atoms with van der Waals surface area (Å²) >= 11 is 3.59. The molecule has 0 bridgehead atoms. The van der Waals surface area contributed by atoms with Gasteiger partial charge in [0, 0.05) is 25.6 Å². The van der Waals surface area contributed by atoms with Gasteiger partial charge in [-0.2, -0.15) is 0 Å². The molecule has 1 aliphatic carbocycles. The van der Waals surface area contributed by atoms with E-state index >= 15 is 0 Å². The van der Waals surface area contributed by atoms with E-state index in [2.05, 4.69) is 45.0 Å². The van der Waals surface area contributed by atoms with Crippen LogP contribution in [0.15, 0.2) is 33.7 Å². The normalized spacial score (nSPS) is 16.3. The van der Waals surface area contributed by atoms with Crippen molar-refractivity contribution in [3.8, 4) is 11.6 Å². The van der Waals surface area contributed by atoms with Gasteiger partial charge in [-0.15, -0.1) is 0 Å². The number of aliphatic imine (C=N–C) groups is 1. The maximum absolute atomic E-state index is 6.25. The van der Waals surface area contributed by atoms with Crippen LogP contribution in [-0.2, 0) is 12.8 Å². The van der Waals surface area contributed by atoms with Crippen molar-refractivity contribution in [2.24, 2.45) is 4.99 Å². The summed E-state index contributed by atoms with van der Waals surface area (Å²) in [5.41, 5.74) is 4.28. The third kappa shape index (κ3) is 4.61. The lowest BCUT2D eigenvalue weighted by atomic mass is 9.89. The monoisotopic (exact) mass is 431 g/mol. The molecule has 144 valence electrons. The maximum atomic E-state index is 6.25. The highest BCUT2D eigenvalue weighted by Gasteiger charge is 2.24. The van der Waals surface area contributed by atoms with Crippen molar-refractivity contribution >= 4 is 28.0 Å². The summed E-state index contributed by atoms with van der Waals surface area (Å²) < 4.78 is 12.6. The second-order valence-electron chi connectivity index (χ2n) is 6.78. The average molecular weight is 432 g/mol. The molecule has 0 fully saturated rings. The van der Waals surface area contributed by atoms with Gasteiger partial charge in [-0.3, -0.25) is 0 Å². The van der Waals surface area contributed by atoms with Gasteiger partial charge in [-0.1, -0.05) is 12.1 Å². The van der Waals surface area contributed by atoms with Crippen molar-refractivity contribution in [2.75, 3.05) is 20.7 Å². The predicted molar refractivity (Wildman–Crippen MR) is 113 cm³/mol. The van der Waals surface area contributed by atoms with Gasteiger partial charge in [0.05, 0.1) is 29.3 Å². The number of benzene rings is 1. The van der Waals surface area contributed by atoms with Gasteiger partial charge in [-0.25, -0.2) is 9.98 Å². The van der Waals surface area contributed by atoms with Crippen LogP contribution in [-0.4, -0.2) is 43.0 Å². The molecule has 1 unspecified atom stereocenters. The molecule has 1 heterocycles. The zero-order valence-electron chi connectivity index (χ0n) is 16.3. The summed E-state index contributed by atoms with van der Waals surface area (Å²) in [5.74, 6) is 1.56. The van der Waals surface area contributed by atoms with Crippen LogP contribution in [0.2, 0.25) is 0 Å². The first kappa shape index (κ1) is 19.7. The Morgan fingerprint density at radius 2 is 2.22 bits per heavy atom. The summed E-state index contributed by atoms with van der Waals surface area (Å²) in [6.07, 6.45) is 4.68. The number of pyridine rings is 1. The molecule has 3 rings (SSSR count). The van der Waals surface area contributed by atoms with Crippen molar-refractivity contribution in [1.29, 1.82) is 0 Å². The number of halogens is 1. The van der Waals surface area contributed by atoms with Crippen molar-refractivity contribution in [1.82, 2.24) is 9.88 Å². The molecule has 0 aliphatic heterocycles. The lowest BCUT2D eigenvalue weighted by molar-refractivity contribution is 0.174. The van der Waals surface area contributed by atoms with Crippen LogP contribution in [0, 0.1) is 6.92 Å². The highest BCUT2D eigenvalue weighted by molar-refractivity contribution is 9.10. The molecule has 1 aromatic heterocycles. The Bertz CT molecular complexity index is 824. The van der Waals surface area contributed by atoms with Crippen LogP contribution in [0.3, 0.4) is 0 Å². The number of hydrogen-bond acceptors (Lipinski definition) is 4. The molecule has 0 radical (unpaired) electrons. The quantitative estimate of drug-likeness (QED) is 0.490. The van der Waals surface area contributed by atoms with Gasteiger partial charge >= 0.3 is 0 Å². The molecule has 5 nitrogen and oxygen atoms in total. The Hall–Kier alpha value is -2.08. The first-order valence-corrected chi connectivity index (χ1v) is 10.0. The first-order chi connectivity index (χ1) is 13.0. The second kappa shape index (κ2) is 8.74. The zero-order valence-corrected chi connectivity index (χ0v) is 17.9. The summed E-state index contributed by atoms with van der Waals surface area (Å²) in [6.45, 7) is 4.95. The number of hydrogen-bond donors (Lipinski definition) is 0. The lowest BCUT2D eigenvalue weighted by Gasteiger charge is -2.27. The van der Waals surface area contributed by atoms with E-state index in [1.165, 1.54) is 11.1 Å². The van der Waals surface area contributed by atoms with Crippen molar-refractivity contribution < 1.29 is 9.47 Å². The highest BCUT2D eigenvalue weighted by atomic mass is 79.9. The lowest BCUT2D eigenvalue weighted by Crippen LogP contribution is -2.26. The maximum Gasteiger partial charge on any atom is 0.228 e. The topological polar surface area (TPSA) is 47.0 Å². The Morgan fingerprint density at radius 1 is 1.41 bits per heavy atom. The summed E-state index contributed by atoms with van der Waals surface area (Å²) in [5, 5.41) is 0. The molecule has 0 saturated carbocycles. The van der Waals surface area contributed by atoms with Gasteiger partial charge in [0.2, 0.25) is 5.88 Å². The number of nitrogens with zero attached hydrogens (tertiary/aromatic N) is 3. The van der Waals surface area contributed by atoms with E-state index in [-0.39, 0.29) is 6.10 Å². The number of fused-ring (bicyclic) bond motifs is 1. The fourth-order valence-electron chi connectivity index (χ4n) is 3.18. The largest absolute Gasteiger partial charge is 0.496 e. The van der Waals surface area contributed by atoms with E-state index in [1.54, 1.807) is 7.11 Å². The Morgan fingerprint density at radius 3 is 2.96 bits per heavy atom. The minimum Gasteiger partial charge on any atom is -0.496 e. The van der Waals surface area contributed by atoms with Gasteiger partial charge < -0.3 is 14.4 Å². The molecule has 2 aromatic rings. The first-order valence-electron chi connectivity index (χ1n) is 9.24. The van der Waals surface area contributed by atoms with Crippen LogP contribution in [0.1, 0.15) is 30.2 Å². The van der Waals surface area contributed by atoms with Crippen LogP contribution in [0.25, 0.3) is 0 Å². The van der Waals surface area contributed by atoms with Gasteiger partial charge in [0.25, 0.3) is 0 Å². The molecule has 1 atom stereocenters. The highest BCUT2D eigenvalue weighted by Crippen LogP contribution is 2.34. The Balaban J connectivity index is 1.76. The predicted octanol–water partition coefficient (Wildman–Crippen LogP) is 4.71. The van der Waals surface area contributed by atoms with E-state index < -0.39 is 0 Å². The summed E-state index contributed by atoms with van der Waals surface area (Å²) in [7, 11) is 3.71. The van der Waals surface area contributed by atoms with E-state index in [4.69, 9.17) is 9.47 Å². The second-order valence-corrected chi connectivity index (χ2v) is 7.63. The van der Waals surface area contributed by atoms with Gasteiger partial charge in [-0.05, 0) is 60.3 Å². The van der Waals surface area contributed by atoms with E-state index in [9.17, 15) is 0 Å². The van der Waals surface area contributed by atoms with Crippen molar-refractivity contribution in [3.63, 3.8) is 0 Å². The third-order valence-corrected chi connectivity index (χ3v) is 5.46. The molecule has 1 aliphatic rings. The van der Waals surface area contributed by atoms with Crippen LogP contribution in [0.5, 0.6) is 11.6 Å². The zero-order chi connectivity index (χ0) is 19.4. The van der Waals surface area contributed by atoms with Crippen LogP contribution >= 0.6 is 15.9 Å². The third-order valence-electron chi connectivity index (χ3n) is 4.90. The molecular formula is C21H26BrN3O2. The number of methoxy groups -OCH3 is 1. The SMILES string of the molecule is CCN(C)/C=N/c1cc(Br)c(OC2CCc3cccc(OC)c3C2)nc1C. The summed E-state index contributed by atoms with van der Waals surface area (Å²) in [6, 6.07) is 8.21. The minimum atomic E-state index is 0.0811. The molecule has 1 aromatic carbocycles. The van der Waals surface area contributed by atoms with Gasteiger partial charge in [0.15, 0.2) is 0 Å². The number of aromatic nitrogens is 1. The molecule has 0 amide bonds. The molecule has 27 heavy (non-hydrogen) atoms. The van der Waals surface area contributed by atoms with Gasteiger partial charge in [0.1, 0.15) is 11.9 Å². The smallest absolute Gasteiger partial charge is 0.228 e. The van der Waals surface area contributed by atoms with E-state index in [1.807, 2.05) is 37.3 Å². The fourth-order valence-corrected chi connectivity index (χ4v) is 3.58. The van der Waals surface area contributed by atoms with E-state index in [0.717, 1.165) is 47.4 Å². The number of aryl methyl sites for hydroxylation is 2. The fraction of sp³-hybridized carbons (Fsp3) is 0.429. The molecule has 6 heteroatoms. The van der Waals surface area contributed by atoms with Crippen LogP contribution in [0.4, 0.5) is 5.69 Å². The van der Waals surface area contributed by atoms with Crippen molar-refractivity contribution in [2.45, 2.75) is 39.2 Å². The molecular weight excluding hydrogens is 406 g/mol. The van der Waals surface area contributed by atoms with Crippen molar-refractivity contribution in [3.05, 3.63) is 45.6 Å². The molecule has 0 N–H and O–H groups in total. The standard InChI is InChI=1S/C21H26BrN3O2/c1-5-25(3)13-23-19-12-18(22)21(24-14(19)2)27-16-10-9-15-7-6-8-20(26-4)17(15)11-16/h6-8,12-13,16H,5,9-11H2,1-4H3/b23-13+. The van der Waals surface area contributed by atoms with E-state index in [0.29, 0.717) is 5.88 Å². The minimum absolute atomic E-state index is 0.0811. The summed E-state index contributed by atoms with van der Waals surface area (Å²) in [4.78, 5) is 11.2. The number of rotatable bonds is 6. The Kier molecular flexibility index (Phi) is 6.37. The Labute approximate surface area is 169 Å². The average Bonchev–Trinajstić information content (AvgIpc) is 2.68. The molecule has 0 saturated heterocycles. The number of ether oxygens (including phenoxy) is 2. The van der Waals surface area contributed by atoms with Crippen LogP contribution < -0.4 is 9.47 Å².